The van der Waals surface area contributed by atoms with Gasteiger partial charge in [-0.3, -0.25) is 0 Å². The zero-order chi connectivity index (χ0) is 10.6. The van der Waals surface area contributed by atoms with Gasteiger partial charge in [-0.05, 0) is 44.7 Å². The Morgan fingerprint density at radius 1 is 1.21 bits per heavy atom. The van der Waals surface area contributed by atoms with Crippen LogP contribution in [0.3, 0.4) is 0 Å². The smallest absolute Gasteiger partial charge is 0.0774 e. The molecule has 2 heteroatoms. The fraction of sp³-hybridized carbons (Fsp3) is 1.00. The van der Waals surface area contributed by atoms with Gasteiger partial charge in [0.1, 0.15) is 0 Å². The van der Waals surface area contributed by atoms with Gasteiger partial charge in [-0.1, -0.05) is 20.8 Å². The van der Waals surface area contributed by atoms with Crippen molar-refractivity contribution in [1.29, 1.82) is 0 Å². The molecule has 1 aliphatic carbocycles. The molecule has 0 bridgehead atoms. The highest BCUT2D eigenvalue weighted by molar-refractivity contribution is 4.86. The maximum Gasteiger partial charge on any atom is 0.0774 e. The summed E-state index contributed by atoms with van der Waals surface area (Å²) in [6.45, 7) is 9.59. The van der Waals surface area contributed by atoms with Crippen molar-refractivity contribution in [3.63, 3.8) is 0 Å². The van der Waals surface area contributed by atoms with E-state index in [0.29, 0.717) is 0 Å². The van der Waals surface area contributed by atoms with Gasteiger partial charge in [-0.15, -0.1) is 0 Å². The van der Waals surface area contributed by atoms with Crippen LogP contribution in [0.5, 0.6) is 0 Å². The molecule has 0 radical (unpaired) electrons. The maximum atomic E-state index is 10.4. The molecule has 2 nitrogen and oxygen atoms in total. The van der Waals surface area contributed by atoms with Crippen LogP contribution in [-0.2, 0) is 0 Å². The first-order valence-corrected chi connectivity index (χ1v) is 6.04. The summed E-state index contributed by atoms with van der Waals surface area (Å²) >= 11 is 0. The second kappa shape index (κ2) is 5.13. The monoisotopic (exact) mass is 199 g/mol. The molecule has 0 saturated heterocycles. The van der Waals surface area contributed by atoms with Gasteiger partial charge in [0.2, 0.25) is 0 Å². The van der Waals surface area contributed by atoms with E-state index in [1.54, 1.807) is 0 Å². The van der Waals surface area contributed by atoms with Gasteiger partial charge in [0.25, 0.3) is 0 Å². The lowest BCUT2D eigenvalue weighted by molar-refractivity contribution is -0.0331. The van der Waals surface area contributed by atoms with Crippen LogP contribution in [0.4, 0.5) is 0 Å². The molecule has 0 unspecified atom stereocenters. The van der Waals surface area contributed by atoms with Gasteiger partial charge in [0.15, 0.2) is 0 Å². The Bertz CT molecular complexity index is 158. The first-order valence-electron chi connectivity index (χ1n) is 6.04. The van der Waals surface area contributed by atoms with Gasteiger partial charge in [-0.25, -0.2) is 0 Å². The van der Waals surface area contributed by atoms with E-state index < -0.39 is 5.60 Å². The first-order chi connectivity index (χ1) is 6.59. The average molecular weight is 199 g/mol. The Morgan fingerprint density at radius 2 is 1.71 bits per heavy atom. The van der Waals surface area contributed by atoms with E-state index in [0.717, 1.165) is 38.4 Å². The second-order valence-electron chi connectivity index (χ2n) is 4.87. The lowest BCUT2D eigenvalue weighted by Crippen LogP contribution is -2.45. The van der Waals surface area contributed by atoms with Crippen LogP contribution in [0.2, 0.25) is 0 Å². The van der Waals surface area contributed by atoms with Crippen molar-refractivity contribution >= 4 is 0 Å². The highest BCUT2D eigenvalue weighted by atomic mass is 16.3. The standard InChI is InChI=1S/C12H25NO/c1-4-13(5-2)10-12(14)8-6-11(3)7-9-12/h11,14H,4-10H2,1-3H3. The number of hydrogen-bond acceptors (Lipinski definition) is 2. The normalized spacial score (nSPS) is 33.6. The Labute approximate surface area is 88.3 Å². The summed E-state index contributed by atoms with van der Waals surface area (Å²) < 4.78 is 0. The largest absolute Gasteiger partial charge is 0.389 e. The van der Waals surface area contributed by atoms with E-state index in [1.165, 1.54) is 12.8 Å². The highest BCUT2D eigenvalue weighted by Crippen LogP contribution is 2.32. The van der Waals surface area contributed by atoms with Crippen LogP contribution in [-0.4, -0.2) is 35.2 Å². The molecule has 0 amide bonds. The molecule has 1 saturated carbocycles. The predicted molar refractivity (Wildman–Crippen MR) is 60.4 cm³/mol. The zero-order valence-corrected chi connectivity index (χ0v) is 9.92. The third-order valence-electron chi connectivity index (χ3n) is 3.62. The summed E-state index contributed by atoms with van der Waals surface area (Å²) in [5, 5.41) is 10.4. The molecule has 0 aliphatic heterocycles. The SMILES string of the molecule is CCN(CC)CC1(O)CCC(C)CC1. The molecular formula is C12H25NO. The van der Waals surface area contributed by atoms with Crippen LogP contribution in [0.15, 0.2) is 0 Å². The van der Waals surface area contributed by atoms with Crippen LogP contribution in [0.25, 0.3) is 0 Å². The molecule has 0 aromatic heterocycles. The minimum absolute atomic E-state index is 0.390. The molecule has 1 aliphatic rings. The molecule has 14 heavy (non-hydrogen) atoms. The third kappa shape index (κ3) is 3.25. The minimum Gasteiger partial charge on any atom is -0.389 e. The van der Waals surface area contributed by atoms with E-state index in [4.69, 9.17) is 0 Å². The van der Waals surface area contributed by atoms with E-state index in [1.807, 2.05) is 0 Å². The number of aliphatic hydroxyl groups is 1. The van der Waals surface area contributed by atoms with Crippen molar-refractivity contribution in [2.45, 2.75) is 52.1 Å². The van der Waals surface area contributed by atoms with Crippen molar-refractivity contribution in [2.75, 3.05) is 19.6 Å². The molecule has 0 atom stereocenters. The molecule has 0 spiro atoms. The maximum absolute atomic E-state index is 10.4. The van der Waals surface area contributed by atoms with E-state index in [2.05, 4.69) is 25.7 Å². The summed E-state index contributed by atoms with van der Waals surface area (Å²) in [6, 6.07) is 0. The molecule has 84 valence electrons. The summed E-state index contributed by atoms with van der Waals surface area (Å²) in [5.74, 6) is 0.812. The van der Waals surface area contributed by atoms with E-state index >= 15 is 0 Å². The van der Waals surface area contributed by atoms with Crippen LogP contribution in [0, 0.1) is 5.92 Å². The molecule has 0 aromatic carbocycles. The Balaban J connectivity index is 2.41. The predicted octanol–water partition coefficient (Wildman–Crippen LogP) is 2.27. The number of nitrogens with zero attached hydrogens (tertiary/aromatic N) is 1. The summed E-state index contributed by atoms with van der Waals surface area (Å²) in [6.07, 6.45) is 4.37. The molecular weight excluding hydrogens is 174 g/mol. The Kier molecular flexibility index (Phi) is 4.39. The van der Waals surface area contributed by atoms with Crippen molar-refractivity contribution in [1.82, 2.24) is 4.90 Å². The summed E-state index contributed by atoms with van der Waals surface area (Å²) in [5.41, 5.74) is -0.390. The second-order valence-corrected chi connectivity index (χ2v) is 4.87. The molecule has 0 aromatic rings. The van der Waals surface area contributed by atoms with E-state index in [-0.39, 0.29) is 0 Å². The fourth-order valence-corrected chi connectivity index (χ4v) is 2.32. The molecule has 1 N–H and O–H groups in total. The van der Waals surface area contributed by atoms with Gasteiger partial charge >= 0.3 is 0 Å². The van der Waals surface area contributed by atoms with Crippen molar-refractivity contribution in [2.24, 2.45) is 5.92 Å². The van der Waals surface area contributed by atoms with Gasteiger partial charge < -0.3 is 10.0 Å². The molecule has 1 rings (SSSR count). The van der Waals surface area contributed by atoms with Gasteiger partial charge in [-0.2, -0.15) is 0 Å². The number of rotatable bonds is 4. The van der Waals surface area contributed by atoms with Crippen molar-refractivity contribution in [3.05, 3.63) is 0 Å². The first kappa shape index (κ1) is 12.0. The quantitative estimate of drug-likeness (QED) is 0.751. The number of hydrogen-bond donors (Lipinski definition) is 1. The van der Waals surface area contributed by atoms with Crippen LogP contribution < -0.4 is 0 Å². The average Bonchev–Trinajstić information content (AvgIpc) is 2.20. The van der Waals surface area contributed by atoms with Crippen LogP contribution >= 0.6 is 0 Å². The highest BCUT2D eigenvalue weighted by Gasteiger charge is 2.32. The topological polar surface area (TPSA) is 23.5 Å². The minimum atomic E-state index is -0.390. The van der Waals surface area contributed by atoms with E-state index in [9.17, 15) is 5.11 Å². The lowest BCUT2D eigenvalue weighted by Gasteiger charge is -2.38. The summed E-state index contributed by atoms with van der Waals surface area (Å²) in [7, 11) is 0. The van der Waals surface area contributed by atoms with Gasteiger partial charge in [0.05, 0.1) is 5.60 Å². The Hall–Kier alpha value is -0.0800. The fourth-order valence-electron chi connectivity index (χ4n) is 2.32. The molecule has 1 fully saturated rings. The number of likely N-dealkylation sites (N-methyl/N-ethyl adjacent to an activating group) is 1. The van der Waals surface area contributed by atoms with Crippen LogP contribution in [0.1, 0.15) is 46.5 Å². The van der Waals surface area contributed by atoms with Crippen molar-refractivity contribution < 1.29 is 5.11 Å². The van der Waals surface area contributed by atoms with Crippen molar-refractivity contribution in [3.8, 4) is 0 Å². The summed E-state index contributed by atoms with van der Waals surface area (Å²) in [4.78, 5) is 2.33. The Morgan fingerprint density at radius 3 is 2.14 bits per heavy atom. The molecule has 0 heterocycles. The third-order valence-corrected chi connectivity index (χ3v) is 3.62. The van der Waals surface area contributed by atoms with Gasteiger partial charge in [0, 0.05) is 6.54 Å². The lowest BCUT2D eigenvalue weighted by atomic mass is 9.79. The zero-order valence-electron chi connectivity index (χ0n) is 9.92.